The molecule has 0 spiro atoms. The van der Waals surface area contributed by atoms with E-state index in [4.69, 9.17) is 4.74 Å². The van der Waals surface area contributed by atoms with E-state index in [0.717, 1.165) is 27.6 Å². The first-order chi connectivity index (χ1) is 14.7. The summed E-state index contributed by atoms with van der Waals surface area (Å²) < 4.78 is 5.77. The Morgan fingerprint density at radius 1 is 0.800 bits per heavy atom. The molecule has 1 aliphatic rings. The number of aliphatic hydroxyl groups excluding tert-OH is 1. The maximum Gasteiger partial charge on any atom is 0.259 e. The van der Waals surface area contributed by atoms with Gasteiger partial charge in [0.15, 0.2) is 0 Å². The Bertz CT molecular complexity index is 1200. The average Bonchev–Trinajstić information content (AvgIpc) is 3.07. The summed E-state index contributed by atoms with van der Waals surface area (Å²) in [4.78, 5) is 14.5. The van der Waals surface area contributed by atoms with Gasteiger partial charge in [-0.3, -0.25) is 4.79 Å². The van der Waals surface area contributed by atoms with Crippen LogP contribution < -0.4 is 9.64 Å². The summed E-state index contributed by atoms with van der Waals surface area (Å²) in [6.45, 7) is 0.301. The lowest BCUT2D eigenvalue weighted by Gasteiger charge is -2.21. The number of ether oxygens (including phenoxy) is 1. The van der Waals surface area contributed by atoms with Gasteiger partial charge < -0.3 is 14.7 Å². The SMILES string of the molecule is O=C1c2cccc3cccc(c23)N1C[C@@H](O)COc1ccc(-c2ccccc2)cc1. The molecule has 0 bridgehead atoms. The van der Waals surface area contributed by atoms with E-state index >= 15 is 0 Å². The number of anilines is 1. The molecule has 1 N–H and O–H groups in total. The highest BCUT2D eigenvalue weighted by Crippen LogP contribution is 2.37. The summed E-state index contributed by atoms with van der Waals surface area (Å²) >= 11 is 0. The molecule has 4 aromatic rings. The molecule has 1 heterocycles. The predicted molar refractivity (Wildman–Crippen MR) is 119 cm³/mol. The largest absolute Gasteiger partial charge is 0.491 e. The number of carbonyl (C=O) groups is 1. The van der Waals surface area contributed by atoms with Crippen LogP contribution in [0, 0.1) is 0 Å². The van der Waals surface area contributed by atoms with Crippen LogP contribution in [0.3, 0.4) is 0 Å². The molecule has 30 heavy (non-hydrogen) atoms. The Labute approximate surface area is 175 Å². The van der Waals surface area contributed by atoms with E-state index in [1.807, 2.05) is 78.9 Å². The summed E-state index contributed by atoms with van der Waals surface area (Å²) in [5.74, 6) is 0.611. The molecule has 148 valence electrons. The third-order valence-corrected chi connectivity index (χ3v) is 5.45. The first-order valence-corrected chi connectivity index (χ1v) is 10.0. The van der Waals surface area contributed by atoms with Crippen molar-refractivity contribution in [2.75, 3.05) is 18.1 Å². The van der Waals surface area contributed by atoms with E-state index in [0.29, 0.717) is 11.3 Å². The van der Waals surface area contributed by atoms with Crippen LogP contribution in [0.2, 0.25) is 0 Å². The number of carbonyl (C=O) groups excluding carboxylic acids is 1. The Hall–Kier alpha value is -3.63. The molecule has 0 unspecified atom stereocenters. The molecule has 4 aromatic carbocycles. The number of hydrogen-bond acceptors (Lipinski definition) is 3. The second kappa shape index (κ2) is 7.65. The van der Waals surface area contributed by atoms with Crippen molar-refractivity contribution < 1.29 is 14.6 Å². The van der Waals surface area contributed by atoms with Crippen LogP contribution in [-0.2, 0) is 0 Å². The van der Waals surface area contributed by atoms with E-state index in [1.165, 1.54) is 0 Å². The molecular weight excluding hydrogens is 374 g/mol. The zero-order valence-electron chi connectivity index (χ0n) is 16.4. The van der Waals surface area contributed by atoms with Crippen molar-refractivity contribution in [1.29, 1.82) is 0 Å². The molecule has 5 rings (SSSR count). The Morgan fingerprint density at radius 3 is 2.27 bits per heavy atom. The fourth-order valence-corrected chi connectivity index (χ4v) is 3.99. The maximum atomic E-state index is 12.8. The van der Waals surface area contributed by atoms with Crippen molar-refractivity contribution in [3.05, 3.63) is 96.6 Å². The topological polar surface area (TPSA) is 49.8 Å². The summed E-state index contributed by atoms with van der Waals surface area (Å²) in [5.41, 5.74) is 3.79. The molecule has 0 aliphatic carbocycles. The lowest BCUT2D eigenvalue weighted by Crippen LogP contribution is -2.37. The molecule has 4 nitrogen and oxygen atoms in total. The van der Waals surface area contributed by atoms with Crippen LogP contribution in [-0.4, -0.2) is 30.3 Å². The number of nitrogens with zero attached hydrogens (tertiary/aromatic N) is 1. The maximum absolute atomic E-state index is 12.8. The van der Waals surface area contributed by atoms with Crippen LogP contribution >= 0.6 is 0 Å². The number of hydrogen-bond donors (Lipinski definition) is 1. The van der Waals surface area contributed by atoms with Crippen molar-refractivity contribution in [2.45, 2.75) is 6.10 Å². The van der Waals surface area contributed by atoms with Crippen LogP contribution in [0.4, 0.5) is 5.69 Å². The van der Waals surface area contributed by atoms with Crippen molar-refractivity contribution in [3.8, 4) is 16.9 Å². The minimum absolute atomic E-state index is 0.0759. The van der Waals surface area contributed by atoms with Gasteiger partial charge in [-0.15, -0.1) is 0 Å². The minimum Gasteiger partial charge on any atom is -0.491 e. The van der Waals surface area contributed by atoms with Gasteiger partial charge in [0.05, 0.1) is 12.2 Å². The highest BCUT2D eigenvalue weighted by Gasteiger charge is 2.30. The normalized spacial score (nSPS) is 13.6. The highest BCUT2D eigenvalue weighted by molar-refractivity contribution is 6.25. The molecule has 4 heteroatoms. The smallest absolute Gasteiger partial charge is 0.259 e. The zero-order valence-corrected chi connectivity index (χ0v) is 16.4. The highest BCUT2D eigenvalue weighted by atomic mass is 16.5. The van der Waals surface area contributed by atoms with E-state index in [-0.39, 0.29) is 19.1 Å². The summed E-state index contributed by atoms with van der Waals surface area (Å²) in [7, 11) is 0. The molecule has 0 saturated heterocycles. The minimum atomic E-state index is -0.799. The second-order valence-corrected chi connectivity index (χ2v) is 7.45. The first kappa shape index (κ1) is 18.4. The van der Waals surface area contributed by atoms with Crippen molar-refractivity contribution in [3.63, 3.8) is 0 Å². The predicted octanol–water partition coefficient (Wildman–Crippen LogP) is 4.91. The third-order valence-electron chi connectivity index (χ3n) is 5.45. The van der Waals surface area contributed by atoms with Gasteiger partial charge in [-0.2, -0.15) is 0 Å². The summed E-state index contributed by atoms with van der Waals surface area (Å²) in [5, 5.41) is 12.5. The molecule has 0 saturated carbocycles. The Kier molecular flexibility index (Phi) is 4.69. The molecule has 0 fully saturated rings. The van der Waals surface area contributed by atoms with Gasteiger partial charge in [0, 0.05) is 10.9 Å². The van der Waals surface area contributed by atoms with Crippen LogP contribution in [0.1, 0.15) is 10.4 Å². The second-order valence-electron chi connectivity index (χ2n) is 7.45. The van der Waals surface area contributed by atoms with E-state index < -0.39 is 6.10 Å². The van der Waals surface area contributed by atoms with Gasteiger partial charge in [0.1, 0.15) is 18.5 Å². The monoisotopic (exact) mass is 395 g/mol. The van der Waals surface area contributed by atoms with Gasteiger partial charge in [-0.25, -0.2) is 0 Å². The molecule has 1 aliphatic heterocycles. The van der Waals surface area contributed by atoms with E-state index in [1.54, 1.807) is 4.90 Å². The first-order valence-electron chi connectivity index (χ1n) is 10.0. The lowest BCUT2D eigenvalue weighted by atomic mass is 10.1. The van der Waals surface area contributed by atoms with Gasteiger partial charge in [-0.05, 0) is 40.8 Å². The number of rotatable bonds is 6. The van der Waals surface area contributed by atoms with Gasteiger partial charge >= 0.3 is 0 Å². The quantitative estimate of drug-likeness (QED) is 0.505. The van der Waals surface area contributed by atoms with Gasteiger partial charge in [-0.1, -0.05) is 66.7 Å². The Balaban J connectivity index is 1.25. The molecule has 1 amide bonds. The molecular formula is C26H21NO3. The number of β-amino-alcohol motifs (C(OH)–C–C–N with tert-alkyl or cyclic N) is 1. The van der Waals surface area contributed by atoms with Crippen LogP contribution in [0.15, 0.2) is 91.0 Å². The van der Waals surface area contributed by atoms with Crippen molar-refractivity contribution in [2.24, 2.45) is 0 Å². The zero-order chi connectivity index (χ0) is 20.5. The third kappa shape index (κ3) is 3.31. The fraction of sp³-hybridized carbons (Fsp3) is 0.115. The number of benzene rings is 4. The number of aliphatic hydroxyl groups is 1. The fourth-order valence-electron chi connectivity index (χ4n) is 3.99. The van der Waals surface area contributed by atoms with E-state index in [2.05, 4.69) is 12.1 Å². The van der Waals surface area contributed by atoms with Crippen LogP contribution in [0.5, 0.6) is 5.75 Å². The van der Waals surface area contributed by atoms with E-state index in [9.17, 15) is 9.90 Å². The van der Waals surface area contributed by atoms with Crippen molar-refractivity contribution in [1.82, 2.24) is 0 Å². The summed E-state index contributed by atoms with van der Waals surface area (Å²) in [6.07, 6.45) is -0.799. The van der Waals surface area contributed by atoms with Gasteiger partial charge in [0.25, 0.3) is 5.91 Å². The molecule has 0 radical (unpaired) electrons. The Morgan fingerprint density at radius 2 is 1.50 bits per heavy atom. The van der Waals surface area contributed by atoms with Crippen LogP contribution in [0.25, 0.3) is 21.9 Å². The summed E-state index contributed by atoms with van der Waals surface area (Å²) in [6, 6.07) is 29.5. The standard InChI is InChI=1S/C26H21NO3/c28-21(17-30-22-14-12-19(13-15-22)18-6-2-1-3-7-18)16-27-24-11-5-9-20-8-4-10-23(25(20)24)26(27)29/h1-15,21,28H,16-17H2/t21-/m1/s1. The number of amides is 1. The lowest BCUT2D eigenvalue weighted by molar-refractivity contribution is 0.0914. The van der Waals surface area contributed by atoms with Crippen molar-refractivity contribution >= 4 is 22.4 Å². The molecule has 0 aromatic heterocycles. The average molecular weight is 395 g/mol. The van der Waals surface area contributed by atoms with Gasteiger partial charge in [0.2, 0.25) is 0 Å². The molecule has 1 atom stereocenters.